The second-order valence-corrected chi connectivity index (χ2v) is 8.29. The van der Waals surface area contributed by atoms with Crippen LogP contribution in [0.1, 0.15) is 18.4 Å². The molecular formula is C23H30ClN3O. The number of ether oxygens (including phenoxy) is 1. The molecule has 2 aromatic rings. The molecule has 0 spiro atoms. The highest BCUT2D eigenvalue weighted by molar-refractivity contribution is 6.30. The number of anilines is 1. The number of benzene rings is 2. The van der Waals surface area contributed by atoms with Crippen LogP contribution in [0, 0.1) is 0 Å². The van der Waals surface area contributed by atoms with Crippen molar-refractivity contribution in [2.75, 3.05) is 51.3 Å². The number of halogens is 1. The van der Waals surface area contributed by atoms with Gasteiger partial charge in [-0.1, -0.05) is 35.9 Å². The number of methoxy groups -OCH3 is 1. The van der Waals surface area contributed by atoms with E-state index in [4.69, 9.17) is 16.3 Å². The van der Waals surface area contributed by atoms with Crippen LogP contribution in [0.25, 0.3) is 0 Å². The van der Waals surface area contributed by atoms with Gasteiger partial charge in [0.05, 0.1) is 12.8 Å². The molecule has 0 radical (unpaired) electrons. The summed E-state index contributed by atoms with van der Waals surface area (Å²) in [5, 5.41) is 0.813. The summed E-state index contributed by atoms with van der Waals surface area (Å²) in [7, 11) is 1.76. The molecule has 4 rings (SSSR count). The van der Waals surface area contributed by atoms with Crippen molar-refractivity contribution in [1.29, 1.82) is 0 Å². The smallest absolute Gasteiger partial charge is 0.142 e. The fraction of sp³-hybridized carbons (Fsp3) is 0.478. The highest BCUT2D eigenvalue weighted by Gasteiger charge is 2.28. The molecule has 0 bridgehead atoms. The summed E-state index contributed by atoms with van der Waals surface area (Å²) in [6.45, 7) is 7.75. The first-order valence-electron chi connectivity index (χ1n) is 10.3. The highest BCUT2D eigenvalue weighted by atomic mass is 35.5. The van der Waals surface area contributed by atoms with Crippen LogP contribution in [0.4, 0.5) is 5.69 Å². The topological polar surface area (TPSA) is 19.0 Å². The van der Waals surface area contributed by atoms with Gasteiger partial charge < -0.3 is 9.64 Å². The van der Waals surface area contributed by atoms with Crippen LogP contribution in [0.15, 0.2) is 48.5 Å². The molecule has 0 aromatic heterocycles. The van der Waals surface area contributed by atoms with Gasteiger partial charge in [-0.2, -0.15) is 0 Å². The second kappa shape index (κ2) is 9.17. The molecule has 28 heavy (non-hydrogen) atoms. The van der Waals surface area contributed by atoms with Crippen LogP contribution in [0.2, 0.25) is 5.02 Å². The van der Waals surface area contributed by atoms with Crippen molar-refractivity contribution in [3.8, 4) is 5.75 Å². The van der Waals surface area contributed by atoms with Gasteiger partial charge in [-0.25, -0.2) is 0 Å². The van der Waals surface area contributed by atoms with Crippen molar-refractivity contribution in [2.24, 2.45) is 0 Å². The fourth-order valence-electron chi connectivity index (χ4n) is 4.54. The zero-order chi connectivity index (χ0) is 19.3. The van der Waals surface area contributed by atoms with Gasteiger partial charge in [0.25, 0.3) is 0 Å². The lowest BCUT2D eigenvalue weighted by Gasteiger charge is -2.44. The summed E-state index contributed by atoms with van der Waals surface area (Å²) in [5.74, 6) is 0.975. The SMILES string of the molecule is COc1ccccc1N1CCN([C@H]2CCCN(Cc3ccc(Cl)cc3)C2)CC1. The average Bonchev–Trinajstić information content (AvgIpc) is 2.76. The number of piperazine rings is 1. The van der Waals surface area contributed by atoms with Crippen LogP contribution >= 0.6 is 11.6 Å². The number of para-hydroxylation sites is 2. The average molecular weight is 400 g/mol. The Hall–Kier alpha value is -1.75. The van der Waals surface area contributed by atoms with Crippen molar-refractivity contribution in [3.05, 3.63) is 59.1 Å². The van der Waals surface area contributed by atoms with Crippen molar-refractivity contribution in [2.45, 2.75) is 25.4 Å². The van der Waals surface area contributed by atoms with Crippen LogP contribution in [0.3, 0.4) is 0 Å². The third-order valence-corrected chi connectivity index (χ3v) is 6.31. The molecule has 0 N–H and O–H groups in total. The summed E-state index contributed by atoms with van der Waals surface area (Å²) < 4.78 is 5.55. The van der Waals surface area contributed by atoms with Crippen molar-refractivity contribution in [1.82, 2.24) is 9.80 Å². The predicted molar refractivity (Wildman–Crippen MR) is 117 cm³/mol. The zero-order valence-corrected chi connectivity index (χ0v) is 17.4. The summed E-state index contributed by atoms with van der Waals surface area (Å²) in [4.78, 5) is 7.76. The van der Waals surface area contributed by atoms with Gasteiger partial charge in [-0.05, 0) is 49.2 Å². The number of piperidine rings is 1. The van der Waals surface area contributed by atoms with Crippen LogP contribution < -0.4 is 9.64 Å². The molecular weight excluding hydrogens is 370 g/mol. The number of nitrogens with zero attached hydrogens (tertiary/aromatic N) is 3. The van der Waals surface area contributed by atoms with E-state index in [1.54, 1.807) is 7.11 Å². The lowest BCUT2D eigenvalue weighted by molar-refractivity contribution is 0.0887. The summed E-state index contributed by atoms with van der Waals surface area (Å²) in [6, 6.07) is 17.3. The molecule has 0 amide bonds. The molecule has 5 heteroatoms. The Kier molecular flexibility index (Phi) is 6.40. The monoisotopic (exact) mass is 399 g/mol. The standard InChI is InChI=1S/C23H30ClN3O/c1-28-23-7-3-2-6-22(23)27-15-13-26(14-16-27)21-5-4-12-25(18-21)17-19-8-10-20(24)11-9-19/h2-3,6-11,21H,4-5,12-18H2,1H3/t21-/m0/s1. The van der Waals surface area contributed by atoms with E-state index in [0.29, 0.717) is 6.04 Å². The van der Waals surface area contributed by atoms with E-state index in [1.807, 2.05) is 18.2 Å². The Bertz CT molecular complexity index is 759. The fourth-order valence-corrected chi connectivity index (χ4v) is 4.67. The maximum Gasteiger partial charge on any atom is 0.142 e. The number of hydrogen-bond acceptors (Lipinski definition) is 4. The van der Waals surface area contributed by atoms with E-state index < -0.39 is 0 Å². The van der Waals surface area contributed by atoms with E-state index >= 15 is 0 Å². The van der Waals surface area contributed by atoms with Crippen LogP contribution in [-0.4, -0.2) is 62.2 Å². The van der Waals surface area contributed by atoms with E-state index in [9.17, 15) is 0 Å². The van der Waals surface area contributed by atoms with Crippen molar-refractivity contribution < 1.29 is 4.74 Å². The molecule has 2 aliphatic heterocycles. The minimum Gasteiger partial charge on any atom is -0.495 e. The Balaban J connectivity index is 1.32. The summed E-state index contributed by atoms with van der Waals surface area (Å²) >= 11 is 6.02. The Morgan fingerprint density at radius 1 is 0.964 bits per heavy atom. The van der Waals surface area contributed by atoms with Gasteiger partial charge in [0.15, 0.2) is 0 Å². The molecule has 2 fully saturated rings. The van der Waals surface area contributed by atoms with Gasteiger partial charge in [0.2, 0.25) is 0 Å². The molecule has 150 valence electrons. The molecule has 1 atom stereocenters. The maximum atomic E-state index is 6.02. The first-order valence-corrected chi connectivity index (χ1v) is 10.7. The molecule has 0 saturated carbocycles. The number of likely N-dealkylation sites (tertiary alicyclic amines) is 1. The van der Waals surface area contributed by atoms with Crippen LogP contribution in [-0.2, 0) is 6.54 Å². The van der Waals surface area contributed by atoms with Crippen LogP contribution in [0.5, 0.6) is 5.75 Å². The minimum absolute atomic E-state index is 0.667. The van der Waals surface area contributed by atoms with Gasteiger partial charge in [-0.15, -0.1) is 0 Å². The van der Waals surface area contributed by atoms with E-state index in [1.165, 1.54) is 30.6 Å². The highest BCUT2D eigenvalue weighted by Crippen LogP contribution is 2.29. The van der Waals surface area contributed by atoms with Gasteiger partial charge in [0, 0.05) is 50.3 Å². The third kappa shape index (κ3) is 4.62. The van der Waals surface area contributed by atoms with Crippen molar-refractivity contribution in [3.63, 3.8) is 0 Å². The Labute approximate surface area is 173 Å². The molecule has 0 unspecified atom stereocenters. The minimum atomic E-state index is 0.667. The maximum absolute atomic E-state index is 6.02. The first-order chi connectivity index (χ1) is 13.7. The molecule has 2 saturated heterocycles. The quantitative estimate of drug-likeness (QED) is 0.752. The largest absolute Gasteiger partial charge is 0.495 e. The number of rotatable bonds is 5. The molecule has 4 nitrogen and oxygen atoms in total. The van der Waals surface area contributed by atoms with E-state index in [-0.39, 0.29) is 0 Å². The summed E-state index contributed by atoms with van der Waals surface area (Å²) in [5.41, 5.74) is 2.57. The van der Waals surface area contributed by atoms with E-state index in [2.05, 4.69) is 45.0 Å². The lowest BCUT2D eigenvalue weighted by atomic mass is 10.0. The molecule has 0 aliphatic carbocycles. The second-order valence-electron chi connectivity index (χ2n) is 7.85. The zero-order valence-electron chi connectivity index (χ0n) is 16.7. The molecule has 2 aromatic carbocycles. The van der Waals surface area contributed by atoms with Gasteiger partial charge >= 0.3 is 0 Å². The summed E-state index contributed by atoms with van der Waals surface area (Å²) in [6.07, 6.45) is 2.59. The number of hydrogen-bond donors (Lipinski definition) is 0. The normalized spacial score (nSPS) is 21.6. The van der Waals surface area contributed by atoms with E-state index in [0.717, 1.165) is 50.0 Å². The third-order valence-electron chi connectivity index (χ3n) is 6.06. The van der Waals surface area contributed by atoms with Gasteiger partial charge in [-0.3, -0.25) is 9.80 Å². The first kappa shape index (κ1) is 19.6. The predicted octanol–water partition coefficient (Wildman–Crippen LogP) is 4.14. The van der Waals surface area contributed by atoms with Crippen molar-refractivity contribution >= 4 is 17.3 Å². The lowest BCUT2D eigenvalue weighted by Crippen LogP contribution is -2.55. The Morgan fingerprint density at radius 3 is 2.46 bits per heavy atom. The van der Waals surface area contributed by atoms with Gasteiger partial charge in [0.1, 0.15) is 5.75 Å². The molecule has 2 aliphatic rings. The molecule has 2 heterocycles. The Morgan fingerprint density at radius 2 is 1.71 bits per heavy atom.